The zero-order chi connectivity index (χ0) is 19.0. The van der Waals surface area contributed by atoms with Crippen LogP contribution in [0.25, 0.3) is 16.6 Å². The van der Waals surface area contributed by atoms with Gasteiger partial charge in [0.15, 0.2) is 0 Å². The molecule has 0 atom stereocenters. The number of nitrogen functional groups attached to an aromatic ring is 1. The minimum Gasteiger partial charge on any atom is -0.393 e. The molecule has 4 N–H and O–H groups in total. The molecule has 0 radical (unpaired) electrons. The lowest BCUT2D eigenvalue weighted by atomic mass is 10.1. The van der Waals surface area contributed by atoms with Crippen molar-refractivity contribution in [1.82, 2.24) is 19.7 Å². The van der Waals surface area contributed by atoms with Crippen LogP contribution in [0, 0.1) is 10.1 Å². The third kappa shape index (κ3) is 2.95. The largest absolute Gasteiger partial charge is 0.393 e. The number of aromatic nitrogens is 4. The van der Waals surface area contributed by atoms with E-state index < -0.39 is 10.8 Å². The second-order valence-corrected chi connectivity index (χ2v) is 5.78. The second kappa shape index (κ2) is 6.26. The molecule has 0 aliphatic rings. The molecule has 1 amide bonds. The van der Waals surface area contributed by atoms with Gasteiger partial charge in [0.1, 0.15) is 5.69 Å². The normalized spacial score (nSPS) is 10.8. The van der Waals surface area contributed by atoms with Gasteiger partial charge >= 0.3 is 0 Å². The van der Waals surface area contributed by atoms with Crippen LogP contribution in [-0.4, -0.2) is 30.6 Å². The zero-order valence-electron chi connectivity index (χ0n) is 13.8. The standard InChI is InChI=1S/C17H13N7O3/c18-13-7-15(23-4-3-19-9-23)12(6-16(13)24(26)27)17(25)21-11-2-1-10-8-20-22-14(10)5-11/h1-9H,18H2,(H,20,22)(H,21,25). The lowest BCUT2D eigenvalue weighted by molar-refractivity contribution is -0.383. The van der Waals surface area contributed by atoms with E-state index in [9.17, 15) is 14.9 Å². The lowest BCUT2D eigenvalue weighted by Gasteiger charge is -2.12. The average Bonchev–Trinajstić information content (AvgIpc) is 3.32. The minimum absolute atomic E-state index is 0.0425. The number of carbonyl (C=O) groups excluding carboxylic acids is 1. The minimum atomic E-state index is -0.625. The zero-order valence-corrected chi connectivity index (χ0v) is 13.8. The van der Waals surface area contributed by atoms with Gasteiger partial charge in [0.2, 0.25) is 0 Å². The Balaban J connectivity index is 1.77. The number of carbonyl (C=O) groups is 1. The van der Waals surface area contributed by atoms with E-state index in [0.717, 1.165) is 17.0 Å². The highest BCUT2D eigenvalue weighted by Crippen LogP contribution is 2.29. The number of nitrogens with two attached hydrogens (primary N) is 1. The average molecular weight is 363 g/mol. The predicted molar refractivity (Wildman–Crippen MR) is 98.7 cm³/mol. The summed E-state index contributed by atoms with van der Waals surface area (Å²) >= 11 is 0. The van der Waals surface area contributed by atoms with Gasteiger partial charge in [-0.1, -0.05) is 0 Å². The van der Waals surface area contributed by atoms with E-state index in [1.165, 1.54) is 18.6 Å². The van der Waals surface area contributed by atoms with Gasteiger partial charge in [0.05, 0.1) is 34.2 Å². The number of nitrogens with zero attached hydrogens (tertiary/aromatic N) is 4. The van der Waals surface area contributed by atoms with Crippen LogP contribution in [0.5, 0.6) is 0 Å². The molecular formula is C17H13N7O3. The summed E-state index contributed by atoms with van der Waals surface area (Å²) in [5, 5.41) is 21.6. The topological polar surface area (TPSA) is 145 Å². The molecule has 0 unspecified atom stereocenters. The number of benzene rings is 2. The first-order chi connectivity index (χ1) is 13.0. The third-order valence-corrected chi connectivity index (χ3v) is 4.07. The monoisotopic (exact) mass is 363 g/mol. The SMILES string of the molecule is Nc1cc(-n2ccnc2)c(C(=O)Nc2ccc3cn[nH]c3c2)cc1[N+](=O)[O-]. The Morgan fingerprint density at radius 2 is 2.15 bits per heavy atom. The second-order valence-electron chi connectivity index (χ2n) is 5.78. The van der Waals surface area contributed by atoms with Crippen LogP contribution in [0.3, 0.4) is 0 Å². The summed E-state index contributed by atoms with van der Waals surface area (Å²) < 4.78 is 1.56. The Morgan fingerprint density at radius 1 is 1.30 bits per heavy atom. The van der Waals surface area contributed by atoms with E-state index >= 15 is 0 Å². The number of H-pyrrole nitrogens is 1. The Kier molecular flexibility index (Phi) is 3.77. The van der Waals surface area contributed by atoms with E-state index in [4.69, 9.17) is 5.73 Å². The molecule has 0 spiro atoms. The van der Waals surface area contributed by atoms with E-state index in [0.29, 0.717) is 11.4 Å². The van der Waals surface area contributed by atoms with Crippen molar-refractivity contribution in [3.63, 3.8) is 0 Å². The molecule has 2 aromatic heterocycles. The molecule has 4 rings (SSSR count). The molecule has 4 aromatic rings. The number of nitro benzene ring substituents is 1. The smallest absolute Gasteiger partial charge is 0.293 e. The molecule has 10 nitrogen and oxygen atoms in total. The number of fused-ring (bicyclic) bond motifs is 1. The van der Waals surface area contributed by atoms with Crippen LogP contribution >= 0.6 is 0 Å². The van der Waals surface area contributed by atoms with Crippen molar-refractivity contribution in [1.29, 1.82) is 0 Å². The van der Waals surface area contributed by atoms with Crippen LogP contribution in [-0.2, 0) is 0 Å². The number of aromatic amines is 1. The van der Waals surface area contributed by atoms with Gasteiger partial charge in [0, 0.05) is 29.5 Å². The van der Waals surface area contributed by atoms with Crippen LogP contribution < -0.4 is 11.1 Å². The number of rotatable bonds is 4. The van der Waals surface area contributed by atoms with Crippen molar-refractivity contribution >= 4 is 33.9 Å². The van der Waals surface area contributed by atoms with E-state index in [1.54, 1.807) is 35.2 Å². The molecule has 0 bridgehead atoms. The fraction of sp³-hybridized carbons (Fsp3) is 0. The Labute approximate surface area is 151 Å². The molecule has 0 saturated carbocycles. The highest BCUT2D eigenvalue weighted by atomic mass is 16.6. The molecule has 0 aliphatic heterocycles. The number of amides is 1. The summed E-state index contributed by atoms with van der Waals surface area (Å²) in [5.74, 6) is -0.513. The predicted octanol–water partition coefficient (Wildman–Crippen LogP) is 2.49. The summed E-state index contributed by atoms with van der Waals surface area (Å²) in [4.78, 5) is 27.4. The van der Waals surface area contributed by atoms with Gasteiger partial charge in [-0.25, -0.2) is 4.98 Å². The van der Waals surface area contributed by atoms with Gasteiger partial charge in [0.25, 0.3) is 11.6 Å². The Bertz CT molecular complexity index is 1160. The van der Waals surface area contributed by atoms with Crippen LogP contribution in [0.2, 0.25) is 0 Å². The first kappa shape index (κ1) is 16.3. The fourth-order valence-electron chi connectivity index (χ4n) is 2.76. The van der Waals surface area contributed by atoms with Gasteiger partial charge in [-0.3, -0.25) is 20.0 Å². The quantitative estimate of drug-likeness (QED) is 0.288. The van der Waals surface area contributed by atoms with Gasteiger partial charge < -0.3 is 15.6 Å². The molecule has 0 saturated heterocycles. The summed E-state index contributed by atoms with van der Waals surface area (Å²) in [7, 11) is 0. The van der Waals surface area contributed by atoms with Crippen LogP contribution in [0.4, 0.5) is 17.1 Å². The first-order valence-electron chi connectivity index (χ1n) is 7.83. The molecule has 2 aromatic carbocycles. The molecule has 0 fully saturated rings. The van der Waals surface area contributed by atoms with E-state index in [-0.39, 0.29) is 16.9 Å². The maximum absolute atomic E-state index is 12.9. The number of nitro groups is 1. The third-order valence-electron chi connectivity index (χ3n) is 4.07. The molecular weight excluding hydrogens is 350 g/mol. The number of nitrogens with one attached hydrogen (secondary N) is 2. The summed E-state index contributed by atoms with van der Waals surface area (Å²) in [6, 6.07) is 7.79. The fourth-order valence-corrected chi connectivity index (χ4v) is 2.76. The van der Waals surface area contributed by atoms with Gasteiger partial charge in [-0.15, -0.1) is 0 Å². The lowest BCUT2D eigenvalue weighted by Crippen LogP contribution is -2.16. The number of anilines is 2. The van der Waals surface area contributed by atoms with E-state index in [1.807, 2.05) is 0 Å². The maximum Gasteiger partial charge on any atom is 0.293 e. The van der Waals surface area contributed by atoms with Crippen LogP contribution in [0.15, 0.2) is 55.2 Å². The summed E-state index contributed by atoms with van der Waals surface area (Å²) in [6.45, 7) is 0. The van der Waals surface area contributed by atoms with Crippen LogP contribution in [0.1, 0.15) is 10.4 Å². The molecule has 2 heterocycles. The van der Waals surface area contributed by atoms with Gasteiger partial charge in [-0.05, 0) is 24.3 Å². The summed E-state index contributed by atoms with van der Waals surface area (Å²) in [6.07, 6.45) is 6.30. The first-order valence-corrected chi connectivity index (χ1v) is 7.83. The van der Waals surface area contributed by atoms with Crippen molar-refractivity contribution < 1.29 is 9.72 Å². The maximum atomic E-state index is 12.9. The Morgan fingerprint density at radius 3 is 2.89 bits per heavy atom. The molecule has 27 heavy (non-hydrogen) atoms. The molecule has 0 aliphatic carbocycles. The number of hydrogen-bond acceptors (Lipinski definition) is 6. The highest BCUT2D eigenvalue weighted by molar-refractivity contribution is 6.08. The van der Waals surface area contributed by atoms with Gasteiger partial charge in [-0.2, -0.15) is 5.10 Å². The van der Waals surface area contributed by atoms with E-state index in [2.05, 4.69) is 20.5 Å². The summed E-state index contributed by atoms with van der Waals surface area (Å²) in [5.41, 5.74) is 7.16. The van der Waals surface area contributed by atoms with Crippen molar-refractivity contribution in [3.8, 4) is 5.69 Å². The molecule has 134 valence electrons. The highest BCUT2D eigenvalue weighted by Gasteiger charge is 2.21. The van der Waals surface area contributed by atoms with Crippen molar-refractivity contribution in [2.75, 3.05) is 11.1 Å². The number of imidazole rings is 1. The van der Waals surface area contributed by atoms with Crippen molar-refractivity contribution in [3.05, 3.63) is 70.9 Å². The molecule has 10 heteroatoms. The Hall–Kier alpha value is -4.21. The van der Waals surface area contributed by atoms with Crippen molar-refractivity contribution in [2.45, 2.75) is 0 Å². The van der Waals surface area contributed by atoms with Crippen molar-refractivity contribution in [2.24, 2.45) is 0 Å². The number of hydrogen-bond donors (Lipinski definition) is 3.